The van der Waals surface area contributed by atoms with Crippen LogP contribution in [0.3, 0.4) is 0 Å². The number of rotatable bonds is 5. The molecule has 1 saturated heterocycles. The molecule has 0 aromatic heterocycles. The van der Waals surface area contributed by atoms with Gasteiger partial charge in [-0.1, -0.05) is 63.6 Å². The topological polar surface area (TPSA) is 31.2 Å². The Balaban J connectivity index is 1.92. The smallest absolute Gasteiger partial charge is 0.340 e. The third-order valence-electron chi connectivity index (χ3n) is 8.47. The maximum atomic E-state index is 14.0. The zero-order chi connectivity index (χ0) is 35.0. The maximum Gasteiger partial charge on any atom is 0.416 e. The van der Waals surface area contributed by atoms with Gasteiger partial charge in [-0.05, 0) is 92.5 Å². The summed E-state index contributed by atoms with van der Waals surface area (Å²) in [6.45, 7) is 16.7. The fourth-order valence-corrected chi connectivity index (χ4v) is 6.43. The fraction of sp³-hybridized carbons (Fsp3) is 0.444. The Bertz CT molecular complexity index is 1590. The van der Waals surface area contributed by atoms with Crippen molar-refractivity contribution < 1.29 is 26.3 Å². The highest BCUT2D eigenvalue weighted by Crippen LogP contribution is 2.39. The number of aryl methyl sites for hydroxylation is 2. The van der Waals surface area contributed by atoms with Crippen LogP contribution in [0.25, 0.3) is 0 Å². The highest BCUT2D eigenvalue weighted by atomic mass is 35.5. The van der Waals surface area contributed by atoms with E-state index in [0.29, 0.717) is 30.9 Å². The first-order chi connectivity index (χ1) is 21.8. The Labute approximate surface area is 278 Å². The number of nitrogens with zero attached hydrogens (tertiary/aromatic N) is 4. The second-order valence-corrected chi connectivity index (χ2v) is 13.2. The Kier molecular flexibility index (Phi) is 10.7. The van der Waals surface area contributed by atoms with Crippen molar-refractivity contribution in [1.29, 1.82) is 0 Å². The van der Waals surface area contributed by atoms with Crippen molar-refractivity contribution in [2.45, 2.75) is 92.2 Å². The molecular weight excluding hydrogens is 638 g/mol. The summed E-state index contributed by atoms with van der Waals surface area (Å²) in [5.41, 5.74) is 1.70. The lowest BCUT2D eigenvalue weighted by Crippen LogP contribution is -2.56. The zero-order valence-corrected chi connectivity index (χ0v) is 28.7. The van der Waals surface area contributed by atoms with Gasteiger partial charge in [0.05, 0.1) is 27.5 Å². The van der Waals surface area contributed by atoms with Gasteiger partial charge in [-0.2, -0.15) is 26.3 Å². The van der Waals surface area contributed by atoms with E-state index in [4.69, 9.17) is 21.6 Å². The lowest BCUT2D eigenvalue weighted by Gasteiger charge is -2.45. The van der Waals surface area contributed by atoms with Crippen LogP contribution in [-0.2, 0) is 12.4 Å². The van der Waals surface area contributed by atoms with E-state index in [1.165, 1.54) is 0 Å². The van der Waals surface area contributed by atoms with Crippen molar-refractivity contribution in [2.24, 2.45) is 9.98 Å². The van der Waals surface area contributed by atoms with E-state index in [9.17, 15) is 26.3 Å². The minimum Gasteiger partial charge on any atom is -0.340 e. The van der Waals surface area contributed by atoms with Gasteiger partial charge in [0, 0.05) is 18.7 Å². The molecule has 47 heavy (non-hydrogen) atoms. The predicted molar refractivity (Wildman–Crippen MR) is 178 cm³/mol. The third kappa shape index (κ3) is 8.13. The minimum absolute atomic E-state index is 0.0362. The quantitative estimate of drug-likeness (QED) is 0.153. The third-order valence-corrected chi connectivity index (χ3v) is 8.75. The first-order valence-corrected chi connectivity index (χ1v) is 16.0. The molecule has 11 heteroatoms. The predicted octanol–water partition coefficient (Wildman–Crippen LogP) is 11.4. The van der Waals surface area contributed by atoms with Crippen LogP contribution in [0.15, 0.2) is 58.5 Å². The molecule has 1 fully saturated rings. The Morgan fingerprint density at radius 1 is 0.787 bits per heavy atom. The SMILES string of the molecule is CC(=Nc1c(C(C)C)cccc1C(C)C)N1CCCN(C(=Nc2c(C)cc(C)cc2Cl)c2cc(C(F)(F)F)cc(C(F)(F)F)c2)C1C. The van der Waals surface area contributed by atoms with Gasteiger partial charge < -0.3 is 9.80 Å². The molecule has 0 bridgehead atoms. The summed E-state index contributed by atoms with van der Waals surface area (Å²) in [5, 5.41) is 0.244. The van der Waals surface area contributed by atoms with Crippen molar-refractivity contribution >= 4 is 34.6 Å². The van der Waals surface area contributed by atoms with Gasteiger partial charge in [0.1, 0.15) is 17.8 Å². The van der Waals surface area contributed by atoms with Crippen LogP contribution in [0, 0.1) is 13.8 Å². The van der Waals surface area contributed by atoms with Gasteiger partial charge in [0.2, 0.25) is 0 Å². The van der Waals surface area contributed by atoms with E-state index in [-0.39, 0.29) is 40.0 Å². The molecule has 0 N–H and O–H groups in total. The molecule has 1 heterocycles. The number of hydrogen-bond acceptors (Lipinski definition) is 2. The largest absolute Gasteiger partial charge is 0.416 e. The normalized spacial score (nSPS) is 16.9. The van der Waals surface area contributed by atoms with Gasteiger partial charge in [-0.25, -0.2) is 9.98 Å². The van der Waals surface area contributed by atoms with Crippen LogP contribution >= 0.6 is 11.6 Å². The Morgan fingerprint density at radius 3 is 1.81 bits per heavy atom. The summed E-state index contributed by atoms with van der Waals surface area (Å²) in [5.74, 6) is 1.06. The minimum atomic E-state index is -5.01. The second kappa shape index (κ2) is 13.9. The summed E-state index contributed by atoms with van der Waals surface area (Å²) in [7, 11) is 0. The number of halogens is 7. The second-order valence-electron chi connectivity index (χ2n) is 12.8. The molecular formula is C36H41ClF6N4. The Morgan fingerprint density at radius 2 is 1.32 bits per heavy atom. The molecule has 0 saturated carbocycles. The van der Waals surface area contributed by atoms with Crippen LogP contribution in [0.5, 0.6) is 0 Å². The highest BCUT2D eigenvalue weighted by molar-refractivity contribution is 6.33. The number of benzene rings is 3. The molecule has 4 nitrogen and oxygen atoms in total. The van der Waals surface area contributed by atoms with E-state index < -0.39 is 29.6 Å². The van der Waals surface area contributed by atoms with Crippen LogP contribution < -0.4 is 0 Å². The van der Waals surface area contributed by atoms with Crippen molar-refractivity contribution in [2.75, 3.05) is 13.1 Å². The number of amidine groups is 2. The number of aliphatic imine (C=N–C) groups is 2. The number of para-hydroxylation sites is 1. The van der Waals surface area contributed by atoms with E-state index in [2.05, 4.69) is 39.8 Å². The van der Waals surface area contributed by atoms with E-state index in [1.807, 2.05) is 37.8 Å². The summed E-state index contributed by atoms with van der Waals surface area (Å²) < 4.78 is 84.0. The van der Waals surface area contributed by atoms with Gasteiger partial charge in [0.25, 0.3) is 0 Å². The molecule has 3 aromatic rings. The monoisotopic (exact) mass is 678 g/mol. The number of alkyl halides is 6. The van der Waals surface area contributed by atoms with Crippen molar-refractivity contribution in [3.05, 3.63) is 92.5 Å². The summed E-state index contributed by atoms with van der Waals surface area (Å²) in [6, 6.07) is 11.2. The molecule has 1 aliphatic heterocycles. The fourth-order valence-electron chi connectivity index (χ4n) is 6.07. The first-order valence-electron chi connectivity index (χ1n) is 15.7. The average Bonchev–Trinajstić information content (AvgIpc) is 2.96. The highest BCUT2D eigenvalue weighted by Gasteiger charge is 2.39. The van der Waals surface area contributed by atoms with Gasteiger partial charge >= 0.3 is 12.4 Å². The van der Waals surface area contributed by atoms with Crippen molar-refractivity contribution in [3.8, 4) is 0 Å². The van der Waals surface area contributed by atoms with Gasteiger partial charge in [-0.15, -0.1) is 0 Å². The molecule has 1 unspecified atom stereocenters. The lowest BCUT2D eigenvalue weighted by atomic mass is 9.93. The summed E-state index contributed by atoms with van der Waals surface area (Å²) in [6.07, 6.45) is -9.99. The molecule has 1 atom stereocenters. The molecule has 3 aromatic carbocycles. The molecule has 254 valence electrons. The summed E-state index contributed by atoms with van der Waals surface area (Å²) >= 11 is 6.58. The van der Waals surface area contributed by atoms with Gasteiger partial charge in [-0.3, -0.25) is 0 Å². The molecule has 0 amide bonds. The van der Waals surface area contributed by atoms with Gasteiger partial charge in [0.15, 0.2) is 0 Å². The van der Waals surface area contributed by atoms with Crippen LogP contribution in [-0.4, -0.2) is 40.7 Å². The maximum absolute atomic E-state index is 14.0. The molecule has 0 radical (unpaired) electrons. The Hall–Kier alpha value is -3.53. The standard InChI is InChI=1S/C36H41ClF6N4/c1-20(2)29-11-9-12-30(21(3)4)33(29)44-24(7)46-13-10-14-47(25(46)8)34(45-32-23(6)15-22(5)16-31(32)37)26-17-27(35(38,39)40)19-28(18-26)36(41,42)43/h9,11-12,15-21,25H,10,13-14H2,1-8H3. The molecule has 1 aliphatic rings. The zero-order valence-electron chi connectivity index (χ0n) is 27.9. The molecule has 0 spiro atoms. The lowest BCUT2D eigenvalue weighted by molar-refractivity contribution is -0.143. The summed E-state index contributed by atoms with van der Waals surface area (Å²) in [4.78, 5) is 13.6. The van der Waals surface area contributed by atoms with E-state index in [0.717, 1.165) is 34.5 Å². The first kappa shape index (κ1) is 36.3. The molecule has 4 rings (SSSR count). The van der Waals surface area contributed by atoms with Crippen molar-refractivity contribution in [3.63, 3.8) is 0 Å². The average molecular weight is 679 g/mol. The van der Waals surface area contributed by atoms with Crippen LogP contribution in [0.2, 0.25) is 5.02 Å². The van der Waals surface area contributed by atoms with E-state index in [1.54, 1.807) is 17.9 Å². The van der Waals surface area contributed by atoms with Crippen molar-refractivity contribution in [1.82, 2.24) is 9.80 Å². The van der Waals surface area contributed by atoms with E-state index >= 15 is 0 Å². The van der Waals surface area contributed by atoms with Crippen LogP contribution in [0.1, 0.15) is 98.7 Å². The van der Waals surface area contributed by atoms with Crippen LogP contribution in [0.4, 0.5) is 37.7 Å². The molecule has 0 aliphatic carbocycles. The number of hydrogen-bond donors (Lipinski definition) is 0.